The van der Waals surface area contributed by atoms with Gasteiger partial charge in [-0.3, -0.25) is 0 Å². The molecule has 0 aromatic carbocycles. The predicted octanol–water partition coefficient (Wildman–Crippen LogP) is 3.44. The predicted molar refractivity (Wildman–Crippen MR) is 76.8 cm³/mol. The Balaban J connectivity index is 2.69. The number of hydrogen-bond donors (Lipinski definition) is 0. The molecule has 4 heteroatoms. The molecule has 17 heavy (non-hydrogen) atoms. The largest absolute Gasteiger partial charge is 0.333 e. The first-order chi connectivity index (χ1) is 7.80. The fraction of sp³-hybridized carbons (Fsp3) is 0.692. The first kappa shape index (κ1) is 14.3. The van der Waals surface area contributed by atoms with E-state index in [1.165, 1.54) is 0 Å². The zero-order valence-corrected chi connectivity index (χ0v) is 12.5. The third-order valence-electron chi connectivity index (χ3n) is 2.33. The number of imidazole rings is 1. The van der Waals surface area contributed by atoms with Gasteiger partial charge >= 0.3 is 0 Å². The third kappa shape index (κ3) is 4.54. The van der Waals surface area contributed by atoms with E-state index in [1.54, 1.807) is 11.9 Å². The van der Waals surface area contributed by atoms with Gasteiger partial charge in [0.1, 0.15) is 0 Å². The van der Waals surface area contributed by atoms with Crippen LogP contribution < -0.4 is 0 Å². The van der Waals surface area contributed by atoms with Gasteiger partial charge in [-0.05, 0) is 17.9 Å². The molecule has 0 radical (unpaired) electrons. The van der Waals surface area contributed by atoms with Gasteiger partial charge in [0.15, 0.2) is 5.82 Å². The molecule has 0 fully saturated rings. The summed E-state index contributed by atoms with van der Waals surface area (Å²) in [6.07, 6.45) is 3.93. The number of aryl methyl sites for hydroxylation is 1. The molecule has 0 amide bonds. The van der Waals surface area contributed by atoms with Crippen LogP contribution in [0.25, 0.3) is 0 Å². The van der Waals surface area contributed by atoms with Gasteiger partial charge < -0.3 is 4.57 Å². The zero-order chi connectivity index (χ0) is 13.1. The summed E-state index contributed by atoms with van der Waals surface area (Å²) >= 11 is 1.60. The minimum Gasteiger partial charge on any atom is -0.333 e. The van der Waals surface area contributed by atoms with Crippen molar-refractivity contribution in [3.63, 3.8) is 0 Å². The number of hydrogen-bond acceptors (Lipinski definition) is 3. The van der Waals surface area contributed by atoms with Crippen molar-refractivity contribution in [2.24, 2.45) is 17.4 Å². The molecule has 0 unspecified atom stereocenters. The SMILES string of the molecule is CC(C)CSN=Cc1nc(C(C)(C)C)cn1C. The van der Waals surface area contributed by atoms with Crippen LogP contribution in [0.15, 0.2) is 10.6 Å². The molecule has 0 aliphatic heterocycles. The second-order valence-corrected chi connectivity index (χ2v) is 6.57. The van der Waals surface area contributed by atoms with Gasteiger partial charge in [0.25, 0.3) is 0 Å². The lowest BCUT2D eigenvalue weighted by Gasteiger charge is -2.13. The van der Waals surface area contributed by atoms with Crippen LogP contribution in [-0.4, -0.2) is 21.5 Å². The van der Waals surface area contributed by atoms with E-state index < -0.39 is 0 Å². The maximum absolute atomic E-state index is 4.60. The molecule has 1 rings (SSSR count). The van der Waals surface area contributed by atoms with Crippen molar-refractivity contribution in [2.45, 2.75) is 40.0 Å². The number of aromatic nitrogens is 2. The van der Waals surface area contributed by atoms with Crippen molar-refractivity contribution in [1.82, 2.24) is 9.55 Å². The fourth-order valence-corrected chi connectivity index (χ4v) is 1.79. The molecular weight excluding hydrogens is 230 g/mol. The minimum absolute atomic E-state index is 0.0922. The van der Waals surface area contributed by atoms with E-state index in [9.17, 15) is 0 Å². The number of rotatable bonds is 4. The van der Waals surface area contributed by atoms with Crippen molar-refractivity contribution in [2.75, 3.05) is 5.75 Å². The summed E-state index contributed by atoms with van der Waals surface area (Å²) in [5.41, 5.74) is 1.20. The maximum atomic E-state index is 4.60. The van der Waals surface area contributed by atoms with E-state index >= 15 is 0 Å². The molecule has 0 N–H and O–H groups in total. The van der Waals surface area contributed by atoms with Gasteiger partial charge in [0.05, 0.1) is 11.9 Å². The van der Waals surface area contributed by atoms with Gasteiger partial charge in [0, 0.05) is 24.4 Å². The van der Waals surface area contributed by atoms with Crippen LogP contribution >= 0.6 is 11.9 Å². The van der Waals surface area contributed by atoms with Gasteiger partial charge in [-0.2, -0.15) is 0 Å². The maximum Gasteiger partial charge on any atom is 0.151 e. The molecule has 0 aliphatic carbocycles. The molecule has 1 heterocycles. The van der Waals surface area contributed by atoms with Gasteiger partial charge in [0.2, 0.25) is 0 Å². The Morgan fingerprint density at radius 1 is 1.47 bits per heavy atom. The summed E-state index contributed by atoms with van der Waals surface area (Å²) in [5, 5.41) is 0. The monoisotopic (exact) mass is 253 g/mol. The topological polar surface area (TPSA) is 30.2 Å². The van der Waals surface area contributed by atoms with Crippen LogP contribution in [0.2, 0.25) is 0 Å². The first-order valence-corrected chi connectivity index (χ1v) is 6.94. The molecule has 1 aromatic rings. The Bertz CT molecular complexity index is 386. The highest BCUT2D eigenvalue weighted by Gasteiger charge is 2.17. The molecule has 0 atom stereocenters. The Labute approximate surface area is 109 Å². The highest BCUT2D eigenvalue weighted by atomic mass is 32.2. The second-order valence-electron chi connectivity index (χ2n) is 5.77. The molecule has 0 bridgehead atoms. The third-order valence-corrected chi connectivity index (χ3v) is 3.40. The Kier molecular flexibility index (Phi) is 4.80. The van der Waals surface area contributed by atoms with E-state index in [-0.39, 0.29) is 5.41 Å². The summed E-state index contributed by atoms with van der Waals surface area (Å²) in [4.78, 5) is 4.60. The van der Waals surface area contributed by atoms with Crippen LogP contribution in [0.5, 0.6) is 0 Å². The lowest BCUT2D eigenvalue weighted by molar-refractivity contribution is 0.571. The van der Waals surface area contributed by atoms with E-state index in [0.29, 0.717) is 5.92 Å². The van der Waals surface area contributed by atoms with Crippen LogP contribution in [0.4, 0.5) is 0 Å². The van der Waals surface area contributed by atoms with Crippen molar-refractivity contribution in [1.29, 1.82) is 0 Å². The van der Waals surface area contributed by atoms with E-state index in [0.717, 1.165) is 17.3 Å². The van der Waals surface area contributed by atoms with Crippen molar-refractivity contribution < 1.29 is 0 Å². The summed E-state index contributed by atoms with van der Waals surface area (Å²) in [5.74, 6) is 2.64. The lowest BCUT2D eigenvalue weighted by atomic mass is 9.93. The summed E-state index contributed by atoms with van der Waals surface area (Å²) < 4.78 is 6.37. The van der Waals surface area contributed by atoms with Crippen molar-refractivity contribution in [3.8, 4) is 0 Å². The van der Waals surface area contributed by atoms with Crippen molar-refractivity contribution >= 4 is 18.2 Å². The number of nitrogens with zero attached hydrogens (tertiary/aromatic N) is 3. The summed E-state index contributed by atoms with van der Waals surface area (Å²) in [6.45, 7) is 10.9. The highest BCUT2D eigenvalue weighted by molar-refractivity contribution is 7.98. The quantitative estimate of drug-likeness (QED) is 0.608. The summed E-state index contributed by atoms with van der Waals surface area (Å²) in [7, 11) is 2.01. The van der Waals surface area contributed by atoms with Crippen LogP contribution in [0, 0.1) is 5.92 Å². The van der Waals surface area contributed by atoms with E-state index in [1.807, 2.05) is 17.8 Å². The smallest absolute Gasteiger partial charge is 0.151 e. The van der Waals surface area contributed by atoms with E-state index in [4.69, 9.17) is 0 Å². The fourth-order valence-electron chi connectivity index (χ4n) is 1.24. The molecule has 3 nitrogen and oxygen atoms in total. The van der Waals surface area contributed by atoms with Crippen LogP contribution in [0.3, 0.4) is 0 Å². The Morgan fingerprint density at radius 3 is 2.59 bits per heavy atom. The van der Waals surface area contributed by atoms with Crippen LogP contribution in [-0.2, 0) is 12.5 Å². The van der Waals surface area contributed by atoms with Gasteiger partial charge in [-0.25, -0.2) is 9.38 Å². The van der Waals surface area contributed by atoms with Crippen LogP contribution in [0.1, 0.15) is 46.1 Å². The minimum atomic E-state index is 0.0922. The highest BCUT2D eigenvalue weighted by Crippen LogP contribution is 2.20. The standard InChI is InChI=1S/C13H23N3S/c1-10(2)9-17-14-7-12-15-11(8-16(12)6)13(3,4)5/h7-8,10H,9H2,1-6H3. The first-order valence-electron chi connectivity index (χ1n) is 6.00. The average Bonchev–Trinajstić information content (AvgIpc) is 2.54. The Hall–Kier alpha value is -0.770. The molecule has 96 valence electrons. The van der Waals surface area contributed by atoms with Crippen molar-refractivity contribution in [3.05, 3.63) is 17.7 Å². The average molecular weight is 253 g/mol. The van der Waals surface area contributed by atoms with Gasteiger partial charge in [-0.1, -0.05) is 34.6 Å². The molecule has 0 saturated heterocycles. The Morgan fingerprint density at radius 2 is 2.12 bits per heavy atom. The normalized spacial score (nSPS) is 12.9. The molecule has 0 aliphatic rings. The van der Waals surface area contributed by atoms with E-state index in [2.05, 4.69) is 50.2 Å². The van der Waals surface area contributed by atoms with Gasteiger partial charge in [-0.15, -0.1) is 0 Å². The molecule has 0 spiro atoms. The molecule has 0 saturated carbocycles. The summed E-state index contributed by atoms with van der Waals surface area (Å²) in [6, 6.07) is 0. The second kappa shape index (κ2) is 5.71. The molecular formula is C13H23N3S. The lowest BCUT2D eigenvalue weighted by Crippen LogP contribution is -2.11. The molecule has 1 aromatic heterocycles. The zero-order valence-electron chi connectivity index (χ0n) is 11.7.